The van der Waals surface area contributed by atoms with Crippen molar-refractivity contribution in [3.63, 3.8) is 0 Å². The molecule has 21 heavy (non-hydrogen) atoms. The van der Waals surface area contributed by atoms with Gasteiger partial charge in [-0.3, -0.25) is 0 Å². The third kappa shape index (κ3) is 3.68. The van der Waals surface area contributed by atoms with Crippen molar-refractivity contribution in [2.45, 2.75) is 44.6 Å². The Hall–Kier alpha value is -1.28. The summed E-state index contributed by atoms with van der Waals surface area (Å²) in [7, 11) is 0. The van der Waals surface area contributed by atoms with E-state index < -0.39 is 0 Å². The van der Waals surface area contributed by atoms with Crippen LogP contribution >= 0.6 is 15.9 Å². The third-order valence-corrected chi connectivity index (χ3v) is 5.42. The second-order valence-corrected chi connectivity index (χ2v) is 6.92. The number of aryl methyl sites for hydroxylation is 1. The number of benzene rings is 2. The van der Waals surface area contributed by atoms with E-state index in [1.54, 1.807) is 0 Å². The van der Waals surface area contributed by atoms with Crippen LogP contribution in [0.15, 0.2) is 53.0 Å². The fraction of sp³-hybridized carbons (Fsp3) is 0.368. The van der Waals surface area contributed by atoms with Crippen LogP contribution < -0.4 is 5.32 Å². The molecule has 0 aliphatic heterocycles. The molecule has 1 nitrogen and oxygen atoms in total. The predicted octanol–water partition coefficient (Wildman–Crippen LogP) is 5.90. The highest BCUT2D eigenvalue weighted by Gasteiger charge is 2.22. The van der Waals surface area contributed by atoms with Crippen molar-refractivity contribution >= 4 is 21.6 Å². The number of anilines is 1. The monoisotopic (exact) mass is 343 g/mol. The molecular weight excluding hydrogens is 322 g/mol. The zero-order valence-corrected chi connectivity index (χ0v) is 14.1. The van der Waals surface area contributed by atoms with Crippen LogP contribution in [0.5, 0.6) is 0 Å². The number of rotatable bonds is 3. The fourth-order valence-electron chi connectivity index (χ4n) is 3.27. The minimum Gasteiger partial charge on any atom is -0.382 e. The van der Waals surface area contributed by atoms with Gasteiger partial charge in [-0.1, -0.05) is 46.3 Å². The van der Waals surface area contributed by atoms with Crippen molar-refractivity contribution in [1.29, 1.82) is 0 Å². The Morgan fingerprint density at radius 2 is 1.67 bits per heavy atom. The largest absolute Gasteiger partial charge is 0.382 e. The van der Waals surface area contributed by atoms with Gasteiger partial charge in [-0.15, -0.1) is 0 Å². The molecule has 1 saturated carbocycles. The number of hydrogen-bond donors (Lipinski definition) is 1. The molecule has 0 bridgehead atoms. The first-order valence-electron chi connectivity index (χ1n) is 7.80. The lowest BCUT2D eigenvalue weighted by Gasteiger charge is -2.30. The molecule has 0 saturated heterocycles. The predicted molar refractivity (Wildman–Crippen MR) is 93.9 cm³/mol. The Bertz CT molecular complexity index is 586. The minimum absolute atomic E-state index is 0.616. The van der Waals surface area contributed by atoms with E-state index in [2.05, 4.69) is 76.7 Å². The molecule has 0 spiro atoms. The van der Waals surface area contributed by atoms with Crippen LogP contribution in [0, 0.1) is 6.92 Å². The molecule has 1 aliphatic carbocycles. The number of halogens is 1. The summed E-state index contributed by atoms with van der Waals surface area (Å²) < 4.78 is 1.18. The molecule has 2 aromatic carbocycles. The molecular formula is C19H22BrN. The topological polar surface area (TPSA) is 12.0 Å². The van der Waals surface area contributed by atoms with Gasteiger partial charge in [-0.25, -0.2) is 0 Å². The van der Waals surface area contributed by atoms with Crippen molar-refractivity contribution in [3.8, 4) is 0 Å². The lowest BCUT2D eigenvalue weighted by atomic mass is 9.82. The summed E-state index contributed by atoms with van der Waals surface area (Å²) in [5.41, 5.74) is 4.05. The van der Waals surface area contributed by atoms with Crippen LogP contribution in [0.4, 0.5) is 5.69 Å². The van der Waals surface area contributed by atoms with E-state index in [-0.39, 0.29) is 0 Å². The average molecular weight is 344 g/mol. The van der Waals surface area contributed by atoms with E-state index in [0.717, 1.165) is 5.92 Å². The Labute approximate surface area is 135 Å². The molecule has 0 unspecified atom stereocenters. The van der Waals surface area contributed by atoms with Gasteiger partial charge < -0.3 is 5.32 Å². The van der Waals surface area contributed by atoms with Crippen molar-refractivity contribution in [3.05, 3.63) is 64.1 Å². The molecule has 1 aliphatic rings. The Morgan fingerprint density at radius 1 is 0.952 bits per heavy atom. The summed E-state index contributed by atoms with van der Waals surface area (Å²) in [6.07, 6.45) is 5.09. The van der Waals surface area contributed by atoms with E-state index in [1.165, 1.54) is 47.0 Å². The Morgan fingerprint density at radius 3 is 2.33 bits per heavy atom. The van der Waals surface area contributed by atoms with Crippen molar-refractivity contribution in [2.24, 2.45) is 0 Å². The molecule has 0 atom stereocenters. The molecule has 0 radical (unpaired) electrons. The maximum Gasteiger partial charge on any atom is 0.0345 e. The second kappa shape index (κ2) is 6.65. The Balaban J connectivity index is 1.57. The van der Waals surface area contributed by atoms with E-state index >= 15 is 0 Å². The fourth-order valence-corrected chi connectivity index (χ4v) is 3.51. The molecule has 0 heterocycles. The summed E-state index contributed by atoms with van der Waals surface area (Å²) >= 11 is 3.56. The summed E-state index contributed by atoms with van der Waals surface area (Å²) in [6, 6.07) is 18.1. The highest BCUT2D eigenvalue weighted by Crippen LogP contribution is 2.34. The SMILES string of the molecule is Cc1cc(NC2CCC(c3ccccc3)CC2)ccc1Br. The molecule has 110 valence electrons. The molecule has 2 aromatic rings. The summed E-state index contributed by atoms with van der Waals surface area (Å²) in [5.74, 6) is 0.746. The first-order valence-corrected chi connectivity index (χ1v) is 8.59. The zero-order valence-electron chi connectivity index (χ0n) is 12.5. The minimum atomic E-state index is 0.616. The van der Waals surface area contributed by atoms with Crippen LogP contribution in [0.3, 0.4) is 0 Å². The van der Waals surface area contributed by atoms with Gasteiger partial charge in [0, 0.05) is 16.2 Å². The summed E-state index contributed by atoms with van der Waals surface area (Å²) in [4.78, 5) is 0. The Kier molecular flexibility index (Phi) is 4.64. The lowest BCUT2D eigenvalue weighted by Crippen LogP contribution is -2.25. The molecule has 0 amide bonds. The maximum atomic E-state index is 3.70. The van der Waals surface area contributed by atoms with Crippen molar-refractivity contribution in [1.82, 2.24) is 0 Å². The van der Waals surface area contributed by atoms with Gasteiger partial charge in [-0.2, -0.15) is 0 Å². The van der Waals surface area contributed by atoms with Gasteiger partial charge in [0.2, 0.25) is 0 Å². The van der Waals surface area contributed by atoms with Crippen molar-refractivity contribution in [2.75, 3.05) is 5.32 Å². The summed E-state index contributed by atoms with van der Waals surface area (Å²) in [5, 5.41) is 3.70. The van der Waals surface area contributed by atoms with Gasteiger partial charge in [0.1, 0.15) is 0 Å². The highest BCUT2D eigenvalue weighted by molar-refractivity contribution is 9.10. The number of hydrogen-bond acceptors (Lipinski definition) is 1. The highest BCUT2D eigenvalue weighted by atomic mass is 79.9. The number of nitrogens with one attached hydrogen (secondary N) is 1. The van der Waals surface area contributed by atoms with Crippen LogP contribution in [0.2, 0.25) is 0 Å². The van der Waals surface area contributed by atoms with Crippen LogP contribution in [-0.2, 0) is 0 Å². The van der Waals surface area contributed by atoms with E-state index in [9.17, 15) is 0 Å². The van der Waals surface area contributed by atoms with Crippen molar-refractivity contribution < 1.29 is 0 Å². The van der Waals surface area contributed by atoms with E-state index in [0.29, 0.717) is 6.04 Å². The van der Waals surface area contributed by atoms with Gasteiger partial charge >= 0.3 is 0 Å². The van der Waals surface area contributed by atoms with Gasteiger partial charge in [0.15, 0.2) is 0 Å². The normalized spacial score (nSPS) is 22.0. The van der Waals surface area contributed by atoms with Crippen LogP contribution in [0.1, 0.15) is 42.7 Å². The molecule has 3 rings (SSSR count). The van der Waals surface area contributed by atoms with Gasteiger partial charge in [-0.05, 0) is 67.9 Å². The summed E-state index contributed by atoms with van der Waals surface area (Å²) in [6.45, 7) is 2.14. The molecule has 0 aromatic heterocycles. The quantitative estimate of drug-likeness (QED) is 0.731. The standard InChI is InChI=1S/C19H22BrN/c1-14-13-18(11-12-19(14)20)21-17-9-7-16(8-10-17)15-5-3-2-4-6-15/h2-6,11-13,16-17,21H,7-10H2,1H3. The maximum absolute atomic E-state index is 3.70. The van der Waals surface area contributed by atoms with Crippen LogP contribution in [-0.4, -0.2) is 6.04 Å². The lowest BCUT2D eigenvalue weighted by molar-refractivity contribution is 0.412. The van der Waals surface area contributed by atoms with Gasteiger partial charge in [0.25, 0.3) is 0 Å². The molecule has 1 fully saturated rings. The smallest absolute Gasteiger partial charge is 0.0345 e. The zero-order chi connectivity index (χ0) is 14.7. The second-order valence-electron chi connectivity index (χ2n) is 6.07. The van der Waals surface area contributed by atoms with Crippen LogP contribution in [0.25, 0.3) is 0 Å². The molecule has 2 heteroatoms. The van der Waals surface area contributed by atoms with Gasteiger partial charge in [0.05, 0.1) is 0 Å². The first kappa shape index (κ1) is 14.6. The van der Waals surface area contributed by atoms with E-state index in [1.807, 2.05) is 0 Å². The average Bonchev–Trinajstić information content (AvgIpc) is 2.53. The third-order valence-electron chi connectivity index (χ3n) is 4.53. The first-order chi connectivity index (χ1) is 10.2. The molecule has 1 N–H and O–H groups in total. The van der Waals surface area contributed by atoms with E-state index in [4.69, 9.17) is 0 Å².